The summed E-state index contributed by atoms with van der Waals surface area (Å²) in [4.78, 5) is 18.3. The smallest absolute Gasteiger partial charge is 0.356 e. The van der Waals surface area contributed by atoms with Gasteiger partial charge >= 0.3 is 5.97 Å². The molecule has 0 spiro atoms. The third-order valence-electron chi connectivity index (χ3n) is 2.41. The highest BCUT2D eigenvalue weighted by molar-refractivity contribution is 5.84. The number of rotatable bonds is 4. The summed E-state index contributed by atoms with van der Waals surface area (Å²) >= 11 is 0. The summed E-state index contributed by atoms with van der Waals surface area (Å²) < 4.78 is 5.57. The molecule has 1 N–H and O–H groups in total. The zero-order valence-corrected chi connectivity index (χ0v) is 9.78. The molecule has 0 radical (unpaired) electrons. The van der Waals surface area contributed by atoms with E-state index in [2.05, 4.69) is 9.97 Å². The van der Waals surface area contributed by atoms with Gasteiger partial charge in [0, 0.05) is 0 Å². The molecule has 1 unspecified atom stereocenters. The molecule has 1 aromatic carbocycles. The third kappa shape index (κ3) is 2.82. The van der Waals surface area contributed by atoms with Crippen LogP contribution in [0, 0.1) is 0 Å². The van der Waals surface area contributed by atoms with Gasteiger partial charge in [-0.2, -0.15) is 0 Å². The first-order valence-corrected chi connectivity index (χ1v) is 5.44. The first kappa shape index (κ1) is 12.0. The van der Waals surface area contributed by atoms with Crippen LogP contribution < -0.4 is 4.74 Å². The van der Waals surface area contributed by atoms with Crippen molar-refractivity contribution in [2.75, 3.05) is 0 Å². The van der Waals surface area contributed by atoms with Gasteiger partial charge in [-0.1, -0.05) is 30.3 Å². The van der Waals surface area contributed by atoms with E-state index in [4.69, 9.17) is 9.84 Å². The van der Waals surface area contributed by atoms with E-state index in [-0.39, 0.29) is 11.8 Å². The summed E-state index contributed by atoms with van der Waals surface area (Å²) in [7, 11) is 0. The van der Waals surface area contributed by atoms with Gasteiger partial charge in [0.1, 0.15) is 6.10 Å². The number of nitrogens with zero attached hydrogens (tertiary/aromatic N) is 2. The van der Waals surface area contributed by atoms with E-state index < -0.39 is 5.97 Å². The SMILES string of the molecule is CC(Oc1cnc(C(=O)O)cn1)c1ccccc1. The fraction of sp³-hybridized carbons (Fsp3) is 0.154. The molecule has 2 rings (SSSR count). The van der Waals surface area contributed by atoms with Crippen molar-refractivity contribution in [2.24, 2.45) is 0 Å². The first-order valence-electron chi connectivity index (χ1n) is 5.44. The monoisotopic (exact) mass is 244 g/mol. The van der Waals surface area contributed by atoms with Gasteiger partial charge in [0.05, 0.1) is 12.4 Å². The van der Waals surface area contributed by atoms with Crippen LogP contribution in [0.3, 0.4) is 0 Å². The summed E-state index contributed by atoms with van der Waals surface area (Å²) in [5, 5.41) is 8.69. The summed E-state index contributed by atoms with van der Waals surface area (Å²) in [6.45, 7) is 1.89. The number of ether oxygens (including phenoxy) is 1. The molecule has 0 fully saturated rings. The average Bonchev–Trinajstić information content (AvgIpc) is 2.40. The topological polar surface area (TPSA) is 72.3 Å². The fourth-order valence-corrected chi connectivity index (χ4v) is 1.46. The fourth-order valence-electron chi connectivity index (χ4n) is 1.46. The van der Waals surface area contributed by atoms with Crippen molar-refractivity contribution in [1.82, 2.24) is 9.97 Å². The van der Waals surface area contributed by atoms with Gasteiger partial charge in [0.25, 0.3) is 0 Å². The zero-order valence-electron chi connectivity index (χ0n) is 9.78. The Balaban J connectivity index is 2.08. The molecule has 0 amide bonds. The summed E-state index contributed by atoms with van der Waals surface area (Å²) in [6.07, 6.45) is 2.31. The highest BCUT2D eigenvalue weighted by atomic mass is 16.5. The number of carboxylic acid groups (broad SMARTS) is 1. The molecular formula is C13H12N2O3. The molecule has 0 aliphatic heterocycles. The van der Waals surface area contributed by atoms with Crippen molar-refractivity contribution < 1.29 is 14.6 Å². The van der Waals surface area contributed by atoms with Crippen LogP contribution in [0.1, 0.15) is 29.1 Å². The van der Waals surface area contributed by atoms with Crippen molar-refractivity contribution in [3.8, 4) is 5.88 Å². The quantitative estimate of drug-likeness (QED) is 0.893. The van der Waals surface area contributed by atoms with Gasteiger partial charge in [-0.05, 0) is 12.5 Å². The molecule has 0 aliphatic rings. The molecular weight excluding hydrogens is 232 g/mol. The molecule has 0 saturated carbocycles. The van der Waals surface area contributed by atoms with Crippen molar-refractivity contribution in [3.05, 3.63) is 54.0 Å². The first-order chi connectivity index (χ1) is 8.66. The Kier molecular flexibility index (Phi) is 3.52. The van der Waals surface area contributed by atoms with Gasteiger partial charge in [-0.3, -0.25) is 0 Å². The van der Waals surface area contributed by atoms with E-state index in [9.17, 15) is 4.79 Å². The lowest BCUT2D eigenvalue weighted by molar-refractivity contribution is 0.0689. The van der Waals surface area contributed by atoms with Crippen LogP contribution in [0.15, 0.2) is 42.7 Å². The molecule has 5 nitrogen and oxygen atoms in total. The lowest BCUT2D eigenvalue weighted by Crippen LogP contribution is -2.06. The van der Waals surface area contributed by atoms with Gasteiger partial charge in [-0.25, -0.2) is 14.8 Å². The minimum absolute atomic E-state index is 0.102. The van der Waals surface area contributed by atoms with Gasteiger partial charge in [0.2, 0.25) is 5.88 Å². The second-order valence-electron chi connectivity index (χ2n) is 3.72. The molecule has 0 saturated heterocycles. The third-order valence-corrected chi connectivity index (χ3v) is 2.41. The van der Waals surface area contributed by atoms with Gasteiger partial charge in [-0.15, -0.1) is 0 Å². The van der Waals surface area contributed by atoms with Gasteiger partial charge < -0.3 is 9.84 Å². The largest absolute Gasteiger partial charge is 0.476 e. The molecule has 2 aromatic rings. The molecule has 5 heteroatoms. The van der Waals surface area contributed by atoms with Crippen LogP contribution in [0.4, 0.5) is 0 Å². The Labute approximate surface area is 104 Å². The summed E-state index contributed by atoms with van der Waals surface area (Å²) in [6, 6.07) is 9.67. The van der Waals surface area contributed by atoms with E-state index in [1.54, 1.807) is 0 Å². The number of aromatic carboxylic acids is 1. The lowest BCUT2D eigenvalue weighted by Gasteiger charge is -2.13. The van der Waals surface area contributed by atoms with Crippen LogP contribution in [0.2, 0.25) is 0 Å². The van der Waals surface area contributed by atoms with Crippen LogP contribution in [-0.2, 0) is 0 Å². The average molecular weight is 244 g/mol. The van der Waals surface area contributed by atoms with Crippen molar-refractivity contribution >= 4 is 5.97 Å². The summed E-state index contributed by atoms with van der Waals surface area (Å²) in [5.41, 5.74) is 0.913. The van der Waals surface area contributed by atoms with Crippen molar-refractivity contribution in [3.63, 3.8) is 0 Å². The van der Waals surface area contributed by atoms with Crippen LogP contribution in [-0.4, -0.2) is 21.0 Å². The standard InChI is InChI=1S/C13H12N2O3/c1-9(10-5-3-2-4-6-10)18-12-8-14-11(7-15-12)13(16)17/h2-9H,1H3,(H,16,17). The predicted molar refractivity (Wildman–Crippen MR) is 64.5 cm³/mol. The van der Waals surface area contributed by atoms with Gasteiger partial charge in [0.15, 0.2) is 5.69 Å². The van der Waals surface area contributed by atoms with E-state index in [1.165, 1.54) is 12.4 Å². The Hall–Kier alpha value is -2.43. The number of carboxylic acids is 1. The summed E-state index contributed by atoms with van der Waals surface area (Å²) in [5.74, 6) is -0.804. The molecule has 1 atom stereocenters. The maximum Gasteiger partial charge on any atom is 0.356 e. The normalized spacial score (nSPS) is 11.8. The minimum Gasteiger partial charge on any atom is -0.476 e. The number of hydrogen-bond acceptors (Lipinski definition) is 4. The highest BCUT2D eigenvalue weighted by Gasteiger charge is 2.09. The van der Waals surface area contributed by atoms with Crippen molar-refractivity contribution in [1.29, 1.82) is 0 Å². The number of carbonyl (C=O) groups is 1. The van der Waals surface area contributed by atoms with Crippen LogP contribution >= 0.6 is 0 Å². The predicted octanol–water partition coefficient (Wildman–Crippen LogP) is 2.31. The lowest BCUT2D eigenvalue weighted by atomic mass is 10.1. The van der Waals surface area contributed by atoms with E-state index in [1.807, 2.05) is 37.3 Å². The van der Waals surface area contributed by atoms with E-state index in [0.29, 0.717) is 5.88 Å². The molecule has 1 heterocycles. The molecule has 92 valence electrons. The number of benzene rings is 1. The molecule has 0 aliphatic carbocycles. The van der Waals surface area contributed by atoms with Crippen molar-refractivity contribution in [2.45, 2.75) is 13.0 Å². The Bertz CT molecular complexity index is 526. The van der Waals surface area contributed by atoms with Crippen LogP contribution in [0.25, 0.3) is 0 Å². The highest BCUT2D eigenvalue weighted by Crippen LogP contribution is 2.18. The zero-order chi connectivity index (χ0) is 13.0. The van der Waals surface area contributed by atoms with E-state index >= 15 is 0 Å². The number of hydrogen-bond donors (Lipinski definition) is 1. The molecule has 0 bridgehead atoms. The van der Waals surface area contributed by atoms with Crippen LogP contribution in [0.5, 0.6) is 5.88 Å². The molecule has 1 aromatic heterocycles. The Morgan fingerprint density at radius 1 is 1.22 bits per heavy atom. The van der Waals surface area contributed by atoms with E-state index in [0.717, 1.165) is 5.56 Å². The minimum atomic E-state index is -1.11. The number of aromatic nitrogens is 2. The molecule has 18 heavy (non-hydrogen) atoms. The Morgan fingerprint density at radius 2 is 1.94 bits per heavy atom. The second kappa shape index (κ2) is 5.27. The maximum atomic E-state index is 10.6. The Morgan fingerprint density at radius 3 is 2.50 bits per heavy atom. The maximum absolute atomic E-state index is 10.6. The second-order valence-corrected chi connectivity index (χ2v) is 3.72.